The van der Waals surface area contributed by atoms with Crippen molar-refractivity contribution in [3.8, 4) is 11.5 Å². The number of benzene rings is 2. The van der Waals surface area contributed by atoms with Crippen LogP contribution in [0, 0.1) is 0 Å². The highest BCUT2D eigenvalue weighted by molar-refractivity contribution is 5.84. The second kappa shape index (κ2) is 8.08. The summed E-state index contributed by atoms with van der Waals surface area (Å²) in [6, 6.07) is 14.0. The summed E-state index contributed by atoms with van der Waals surface area (Å²) < 4.78 is 16.6. The standard InChI is InChI=1S/C19H21NO3.ClH/c1-21-14-5-3-13(4-6-14)11-19-16(9-10-20)17-12-15(22-2)7-8-18(17)23-19;/h3-8,12H,9-11,20H2,1-2H3;1H. The monoisotopic (exact) mass is 347 g/mol. The maximum Gasteiger partial charge on any atom is 0.134 e. The van der Waals surface area contributed by atoms with E-state index in [1.807, 2.05) is 30.3 Å². The topological polar surface area (TPSA) is 59.2 Å². The molecule has 0 aliphatic rings. The molecule has 0 amide bonds. The molecule has 24 heavy (non-hydrogen) atoms. The highest BCUT2D eigenvalue weighted by Gasteiger charge is 2.15. The maximum atomic E-state index is 6.10. The lowest BCUT2D eigenvalue weighted by molar-refractivity contribution is -0.366. The highest BCUT2D eigenvalue weighted by atomic mass is 35.5. The fraction of sp³-hybridized carbons (Fsp3) is 0.263. The van der Waals surface area contributed by atoms with Gasteiger partial charge in [0, 0.05) is 23.8 Å². The van der Waals surface area contributed by atoms with Crippen molar-refractivity contribution < 1.29 is 32.0 Å². The van der Waals surface area contributed by atoms with Crippen molar-refractivity contribution in [2.75, 3.05) is 20.8 Å². The van der Waals surface area contributed by atoms with Crippen molar-refractivity contribution in [3.63, 3.8) is 0 Å². The van der Waals surface area contributed by atoms with Crippen LogP contribution in [0.3, 0.4) is 0 Å². The van der Waals surface area contributed by atoms with Crippen LogP contribution in [0.5, 0.6) is 11.5 Å². The Morgan fingerprint density at radius 3 is 2.25 bits per heavy atom. The van der Waals surface area contributed by atoms with Crippen LogP contribution < -0.4 is 27.6 Å². The molecule has 1 aromatic heterocycles. The van der Waals surface area contributed by atoms with Crippen LogP contribution >= 0.6 is 0 Å². The number of rotatable bonds is 6. The average molecular weight is 348 g/mol. The summed E-state index contributed by atoms with van der Waals surface area (Å²) in [6.45, 7) is 0.835. The molecule has 3 N–H and O–H groups in total. The molecule has 0 unspecified atom stereocenters. The van der Waals surface area contributed by atoms with Gasteiger partial charge in [-0.1, -0.05) is 12.1 Å². The fourth-order valence-electron chi connectivity index (χ4n) is 2.83. The summed E-state index contributed by atoms with van der Waals surface area (Å²) in [7, 11) is 3.36. The van der Waals surface area contributed by atoms with Gasteiger partial charge in [0.2, 0.25) is 0 Å². The van der Waals surface area contributed by atoms with E-state index in [1.54, 1.807) is 14.2 Å². The van der Waals surface area contributed by atoms with Crippen LogP contribution in [0.15, 0.2) is 46.9 Å². The molecule has 0 bridgehead atoms. The molecule has 0 spiro atoms. The van der Waals surface area contributed by atoms with Crippen molar-refractivity contribution in [1.29, 1.82) is 0 Å². The van der Waals surface area contributed by atoms with Crippen LogP contribution in [0.25, 0.3) is 11.0 Å². The molecule has 0 saturated carbocycles. The molecule has 0 aliphatic heterocycles. The van der Waals surface area contributed by atoms with E-state index in [9.17, 15) is 0 Å². The van der Waals surface area contributed by atoms with E-state index < -0.39 is 0 Å². The molecule has 3 aromatic rings. The zero-order chi connectivity index (χ0) is 16.2. The summed E-state index contributed by atoms with van der Waals surface area (Å²) in [4.78, 5) is 0. The van der Waals surface area contributed by atoms with E-state index in [0.717, 1.165) is 47.6 Å². The Balaban J connectivity index is 0.00000208. The molecule has 0 aliphatic carbocycles. The summed E-state index contributed by atoms with van der Waals surface area (Å²) in [6.07, 6.45) is 1.65. The Morgan fingerprint density at radius 2 is 1.62 bits per heavy atom. The molecule has 2 aromatic carbocycles. The molecule has 128 valence electrons. The molecule has 4 nitrogen and oxygen atoms in total. The number of hydrogen-bond acceptors (Lipinski definition) is 3. The van der Waals surface area contributed by atoms with Gasteiger partial charge in [0.05, 0.1) is 20.8 Å². The first-order valence-corrected chi connectivity index (χ1v) is 7.75. The third-order valence-electron chi connectivity index (χ3n) is 4.03. The van der Waals surface area contributed by atoms with Crippen LogP contribution in [-0.4, -0.2) is 20.8 Å². The molecule has 3 rings (SSSR count). The minimum atomic E-state index is 0. The van der Waals surface area contributed by atoms with E-state index in [1.165, 1.54) is 11.1 Å². The van der Waals surface area contributed by atoms with Gasteiger partial charge in [-0.2, -0.15) is 0 Å². The number of fused-ring (bicyclic) bond motifs is 1. The number of methoxy groups -OCH3 is 2. The van der Waals surface area contributed by atoms with Crippen LogP contribution in [0.4, 0.5) is 0 Å². The third-order valence-corrected chi connectivity index (χ3v) is 4.03. The molecular weight excluding hydrogens is 326 g/mol. The van der Waals surface area contributed by atoms with Gasteiger partial charge in [-0.25, -0.2) is 0 Å². The maximum absolute atomic E-state index is 6.10. The van der Waals surface area contributed by atoms with Crippen molar-refractivity contribution in [2.24, 2.45) is 0 Å². The molecule has 1 heterocycles. The zero-order valence-electron chi connectivity index (χ0n) is 14.0. The first kappa shape index (κ1) is 18.2. The van der Waals surface area contributed by atoms with E-state index in [4.69, 9.17) is 13.9 Å². The zero-order valence-corrected chi connectivity index (χ0v) is 14.7. The lowest BCUT2D eigenvalue weighted by Crippen LogP contribution is -3.00. The molecule has 0 fully saturated rings. The fourth-order valence-corrected chi connectivity index (χ4v) is 2.83. The first-order valence-electron chi connectivity index (χ1n) is 7.75. The van der Waals surface area contributed by atoms with Crippen LogP contribution in [0.2, 0.25) is 0 Å². The van der Waals surface area contributed by atoms with Gasteiger partial charge in [-0.05, 0) is 35.9 Å². The molecule has 0 saturated heterocycles. The third kappa shape index (κ3) is 3.66. The summed E-state index contributed by atoms with van der Waals surface area (Å²) >= 11 is 0. The molecule has 0 radical (unpaired) electrons. The highest BCUT2D eigenvalue weighted by Crippen LogP contribution is 2.31. The van der Waals surface area contributed by atoms with Crippen molar-refractivity contribution in [3.05, 3.63) is 59.4 Å². The second-order valence-corrected chi connectivity index (χ2v) is 5.49. The Hall–Kier alpha value is -2.17. The molecular formula is C19H22ClNO3. The Bertz CT molecular complexity index is 796. The predicted octanol–water partition coefficient (Wildman–Crippen LogP) is -0.171. The minimum absolute atomic E-state index is 0. The summed E-state index contributed by atoms with van der Waals surface area (Å²) in [5, 5.41) is 1.12. The van der Waals surface area contributed by atoms with E-state index in [0.29, 0.717) is 0 Å². The van der Waals surface area contributed by atoms with Gasteiger partial charge in [0.15, 0.2) is 0 Å². The van der Waals surface area contributed by atoms with Crippen molar-refractivity contribution in [1.82, 2.24) is 0 Å². The predicted molar refractivity (Wildman–Crippen MR) is 90.0 cm³/mol. The van der Waals surface area contributed by atoms with Crippen LogP contribution in [-0.2, 0) is 12.8 Å². The number of furan rings is 1. The largest absolute Gasteiger partial charge is 1.00 e. The second-order valence-electron chi connectivity index (χ2n) is 5.49. The van der Waals surface area contributed by atoms with E-state index in [-0.39, 0.29) is 12.4 Å². The first-order chi connectivity index (χ1) is 11.2. The van der Waals surface area contributed by atoms with Gasteiger partial charge in [-0.15, -0.1) is 0 Å². The summed E-state index contributed by atoms with van der Waals surface area (Å²) in [5.74, 6) is 2.71. The number of quaternary nitrogens is 1. The normalized spacial score (nSPS) is 10.5. The average Bonchev–Trinajstić information content (AvgIpc) is 2.92. The smallest absolute Gasteiger partial charge is 0.134 e. The van der Waals surface area contributed by atoms with Gasteiger partial charge in [-0.3, -0.25) is 0 Å². The SMILES string of the molecule is COc1ccc(Cc2oc3ccc(OC)cc3c2CC[NH3+])cc1.[Cl-]. The van der Waals surface area contributed by atoms with Gasteiger partial charge in [0.1, 0.15) is 22.8 Å². The quantitative estimate of drug-likeness (QED) is 0.673. The number of hydrogen-bond donors (Lipinski definition) is 1. The lowest BCUT2D eigenvalue weighted by Gasteiger charge is -2.04. The van der Waals surface area contributed by atoms with Gasteiger partial charge in [0.25, 0.3) is 0 Å². The Morgan fingerprint density at radius 1 is 0.958 bits per heavy atom. The minimum Gasteiger partial charge on any atom is -1.00 e. The van der Waals surface area contributed by atoms with Gasteiger partial charge >= 0.3 is 0 Å². The van der Waals surface area contributed by atoms with Crippen molar-refractivity contribution >= 4 is 11.0 Å². The summed E-state index contributed by atoms with van der Waals surface area (Å²) in [5.41, 5.74) is 7.32. The van der Waals surface area contributed by atoms with E-state index >= 15 is 0 Å². The van der Waals surface area contributed by atoms with E-state index in [2.05, 4.69) is 17.9 Å². The molecule has 0 atom stereocenters. The molecule has 5 heteroatoms. The Labute approximate surface area is 148 Å². The number of halogens is 1. The lowest BCUT2D eigenvalue weighted by atomic mass is 10.0. The number of ether oxygens (including phenoxy) is 2. The van der Waals surface area contributed by atoms with Gasteiger partial charge < -0.3 is 32.0 Å². The Kier molecular flexibility index (Phi) is 6.12. The van der Waals surface area contributed by atoms with Crippen molar-refractivity contribution in [2.45, 2.75) is 12.8 Å². The van der Waals surface area contributed by atoms with Crippen LogP contribution in [0.1, 0.15) is 16.9 Å².